The Morgan fingerprint density at radius 3 is 2.53 bits per heavy atom. The van der Waals surface area contributed by atoms with E-state index in [1.54, 1.807) is 31.2 Å². The van der Waals surface area contributed by atoms with Crippen LogP contribution in [0.25, 0.3) is 36.5 Å². The molecule has 1 N–H and O–H groups in total. The topological polar surface area (TPSA) is 67.5 Å². The number of benzene rings is 1. The molecular weight excluding hydrogens is 465 g/mol. The van der Waals surface area contributed by atoms with Crippen LogP contribution in [0, 0.1) is 6.57 Å². The number of nitrogens with one attached hydrogen (secondary N) is 1. The number of hydrogen-bond donors (Lipinski definition) is 1. The van der Waals surface area contributed by atoms with Crippen LogP contribution in [-0.2, 0) is 6.18 Å². The van der Waals surface area contributed by atoms with Crippen LogP contribution in [0.5, 0.6) is 5.88 Å². The third-order valence-corrected chi connectivity index (χ3v) is 6.58. The van der Waals surface area contributed by atoms with Crippen molar-refractivity contribution in [3.8, 4) is 17.1 Å². The number of aromatic nitrogens is 3. The standard InChI is InChI=1S/C23H19F3N6OS/c1-3-33-20-19-18(30-22(31-20)32-10-8-28-9-11-32)17-15(23(24,25)26)12-16(29-21(17)34-19)13-4-6-14(27-2)7-5-13/h4-7,12,28H,3,8-11H2,1H3. The smallest absolute Gasteiger partial charge is 0.417 e. The quantitative estimate of drug-likeness (QED) is 0.398. The molecule has 34 heavy (non-hydrogen) atoms. The van der Waals surface area contributed by atoms with Gasteiger partial charge >= 0.3 is 6.18 Å². The zero-order chi connectivity index (χ0) is 23.9. The van der Waals surface area contributed by atoms with E-state index in [1.165, 1.54) is 0 Å². The van der Waals surface area contributed by atoms with Gasteiger partial charge in [0.1, 0.15) is 15.0 Å². The number of halogens is 3. The van der Waals surface area contributed by atoms with E-state index in [-0.39, 0.29) is 27.3 Å². The summed E-state index contributed by atoms with van der Waals surface area (Å²) in [7, 11) is 0. The summed E-state index contributed by atoms with van der Waals surface area (Å²) in [5, 5.41) is 3.20. The van der Waals surface area contributed by atoms with E-state index in [2.05, 4.69) is 25.1 Å². The SMILES string of the molecule is [C-]#[N+]c1ccc(-c2cc(C(F)(F)F)c3c(n2)sc2c(OCC)nc(N4CCNCC4)nc23)cc1. The molecule has 0 bridgehead atoms. The first-order chi connectivity index (χ1) is 16.4. The summed E-state index contributed by atoms with van der Waals surface area (Å²) in [6, 6.07) is 7.37. The van der Waals surface area contributed by atoms with Gasteiger partial charge in [-0.15, -0.1) is 11.3 Å². The summed E-state index contributed by atoms with van der Waals surface area (Å²) in [4.78, 5) is 19.1. The van der Waals surface area contributed by atoms with E-state index in [0.717, 1.165) is 30.5 Å². The van der Waals surface area contributed by atoms with Gasteiger partial charge in [-0.2, -0.15) is 18.2 Å². The van der Waals surface area contributed by atoms with Crippen LogP contribution in [0.1, 0.15) is 12.5 Å². The fourth-order valence-corrected chi connectivity index (χ4v) is 5.00. The average molecular weight is 485 g/mol. The van der Waals surface area contributed by atoms with Crippen molar-refractivity contribution >= 4 is 43.4 Å². The molecule has 0 saturated carbocycles. The van der Waals surface area contributed by atoms with E-state index in [4.69, 9.17) is 11.3 Å². The van der Waals surface area contributed by atoms with Gasteiger partial charge in [0.15, 0.2) is 5.69 Å². The predicted molar refractivity (Wildman–Crippen MR) is 126 cm³/mol. The number of pyridine rings is 1. The van der Waals surface area contributed by atoms with Gasteiger partial charge in [-0.05, 0) is 18.6 Å². The third kappa shape index (κ3) is 3.99. The van der Waals surface area contributed by atoms with Crippen molar-refractivity contribution in [2.24, 2.45) is 0 Å². The van der Waals surface area contributed by atoms with Crippen molar-refractivity contribution in [2.45, 2.75) is 13.1 Å². The Morgan fingerprint density at radius 2 is 1.88 bits per heavy atom. The van der Waals surface area contributed by atoms with Crippen LogP contribution in [-0.4, -0.2) is 47.7 Å². The number of alkyl halides is 3. The van der Waals surface area contributed by atoms with Crippen molar-refractivity contribution in [3.05, 3.63) is 47.3 Å². The highest BCUT2D eigenvalue weighted by Gasteiger charge is 2.36. The number of anilines is 1. The van der Waals surface area contributed by atoms with Crippen LogP contribution >= 0.6 is 11.3 Å². The normalized spacial score (nSPS) is 14.5. The maximum atomic E-state index is 14.3. The highest BCUT2D eigenvalue weighted by atomic mass is 32.1. The summed E-state index contributed by atoms with van der Waals surface area (Å²) in [6.45, 7) is 12.0. The Balaban J connectivity index is 1.77. The minimum Gasteiger partial charge on any atom is -0.477 e. The molecule has 0 radical (unpaired) electrons. The molecule has 4 heterocycles. The molecule has 1 aliphatic rings. The molecule has 0 spiro atoms. The number of fused-ring (bicyclic) bond motifs is 3. The lowest BCUT2D eigenvalue weighted by Crippen LogP contribution is -2.44. The van der Waals surface area contributed by atoms with Crippen LogP contribution < -0.4 is 15.0 Å². The van der Waals surface area contributed by atoms with E-state index in [0.29, 0.717) is 41.6 Å². The van der Waals surface area contributed by atoms with Gasteiger partial charge in [-0.3, -0.25) is 0 Å². The Kier molecular flexibility index (Phi) is 5.71. The molecule has 4 aromatic rings. The molecule has 0 unspecified atom stereocenters. The monoisotopic (exact) mass is 484 g/mol. The van der Waals surface area contributed by atoms with Crippen LogP contribution in [0.4, 0.5) is 24.8 Å². The number of hydrogen-bond acceptors (Lipinski definition) is 7. The number of rotatable bonds is 4. The lowest BCUT2D eigenvalue weighted by molar-refractivity contribution is -0.136. The van der Waals surface area contributed by atoms with E-state index >= 15 is 0 Å². The van der Waals surface area contributed by atoms with Gasteiger partial charge < -0.3 is 15.0 Å². The highest BCUT2D eigenvalue weighted by molar-refractivity contribution is 7.25. The van der Waals surface area contributed by atoms with Gasteiger partial charge in [0, 0.05) is 26.2 Å². The van der Waals surface area contributed by atoms with Crippen molar-refractivity contribution in [3.63, 3.8) is 0 Å². The molecular formula is C23H19F3N6OS. The van der Waals surface area contributed by atoms with Gasteiger partial charge in [-0.1, -0.05) is 24.3 Å². The summed E-state index contributed by atoms with van der Waals surface area (Å²) in [5.74, 6) is 0.615. The molecule has 0 aliphatic carbocycles. The Morgan fingerprint density at radius 1 is 1.15 bits per heavy atom. The number of piperazine rings is 1. The van der Waals surface area contributed by atoms with Crippen LogP contribution in [0.15, 0.2) is 30.3 Å². The molecule has 1 aliphatic heterocycles. The molecule has 1 saturated heterocycles. The molecule has 174 valence electrons. The van der Waals surface area contributed by atoms with Crippen molar-refractivity contribution < 1.29 is 17.9 Å². The maximum Gasteiger partial charge on any atom is 0.417 e. The minimum absolute atomic E-state index is 0.0474. The molecule has 3 aromatic heterocycles. The molecule has 5 rings (SSSR count). The lowest BCUT2D eigenvalue weighted by atomic mass is 10.1. The zero-order valence-electron chi connectivity index (χ0n) is 18.1. The van der Waals surface area contributed by atoms with E-state index < -0.39 is 11.7 Å². The summed E-state index contributed by atoms with van der Waals surface area (Å²) in [6.07, 6.45) is -4.62. The average Bonchev–Trinajstić information content (AvgIpc) is 3.22. The second-order valence-electron chi connectivity index (χ2n) is 7.67. The summed E-state index contributed by atoms with van der Waals surface area (Å²) >= 11 is 1.09. The fourth-order valence-electron chi connectivity index (χ4n) is 3.92. The Hall–Kier alpha value is -3.49. The van der Waals surface area contributed by atoms with E-state index in [9.17, 15) is 13.2 Å². The van der Waals surface area contributed by atoms with Crippen molar-refractivity contribution in [1.82, 2.24) is 20.3 Å². The second kappa shape index (κ2) is 8.70. The number of thiophene rings is 1. The maximum absolute atomic E-state index is 14.3. The van der Waals surface area contributed by atoms with Gasteiger partial charge in [0.25, 0.3) is 0 Å². The lowest BCUT2D eigenvalue weighted by Gasteiger charge is -2.27. The molecule has 11 heteroatoms. The molecule has 1 aromatic carbocycles. The highest BCUT2D eigenvalue weighted by Crippen LogP contribution is 2.45. The van der Waals surface area contributed by atoms with Crippen molar-refractivity contribution in [1.29, 1.82) is 0 Å². The predicted octanol–water partition coefficient (Wildman–Crippen LogP) is 5.28. The molecule has 0 atom stereocenters. The molecule has 0 amide bonds. The van der Waals surface area contributed by atoms with Gasteiger partial charge in [-0.25, -0.2) is 14.8 Å². The molecule has 7 nitrogen and oxygen atoms in total. The first-order valence-electron chi connectivity index (χ1n) is 10.7. The molecule has 1 fully saturated rings. The van der Waals surface area contributed by atoms with E-state index in [1.807, 2.05) is 4.90 Å². The Bertz CT molecular complexity index is 1410. The Labute approximate surface area is 197 Å². The number of nitrogens with zero attached hydrogens (tertiary/aromatic N) is 5. The van der Waals surface area contributed by atoms with Crippen LogP contribution in [0.3, 0.4) is 0 Å². The van der Waals surface area contributed by atoms with Gasteiger partial charge in [0.2, 0.25) is 11.8 Å². The summed E-state index contributed by atoms with van der Waals surface area (Å²) in [5.41, 5.74) is 0.466. The largest absolute Gasteiger partial charge is 0.477 e. The first-order valence-corrected chi connectivity index (χ1v) is 11.5. The van der Waals surface area contributed by atoms with Crippen molar-refractivity contribution in [2.75, 3.05) is 37.7 Å². The second-order valence-corrected chi connectivity index (χ2v) is 8.67. The van der Waals surface area contributed by atoms with Crippen LogP contribution in [0.2, 0.25) is 0 Å². The zero-order valence-corrected chi connectivity index (χ0v) is 18.9. The minimum atomic E-state index is -4.62. The fraction of sp³-hybridized carbons (Fsp3) is 0.304. The third-order valence-electron chi connectivity index (χ3n) is 5.52. The number of ether oxygens (including phenoxy) is 1. The summed E-state index contributed by atoms with van der Waals surface area (Å²) < 4.78 is 49.0. The first kappa shape index (κ1) is 22.3. The van der Waals surface area contributed by atoms with Gasteiger partial charge in [0.05, 0.1) is 29.8 Å².